The molecule has 2 saturated heterocycles. The summed E-state index contributed by atoms with van der Waals surface area (Å²) in [7, 11) is 0. The largest absolute Gasteiger partial charge is 0.405 e. The van der Waals surface area contributed by atoms with Crippen LogP contribution in [0, 0.1) is 5.92 Å². The number of amides is 1. The summed E-state index contributed by atoms with van der Waals surface area (Å²) in [6.45, 7) is 6.18. The Labute approximate surface area is 192 Å². The van der Waals surface area contributed by atoms with E-state index in [1.807, 2.05) is 43.4 Å². The molecule has 2 aliphatic rings. The van der Waals surface area contributed by atoms with E-state index in [9.17, 15) is 4.79 Å². The van der Waals surface area contributed by atoms with E-state index < -0.39 is 0 Å². The van der Waals surface area contributed by atoms with Crippen LogP contribution in [0.3, 0.4) is 0 Å². The van der Waals surface area contributed by atoms with Crippen molar-refractivity contribution < 1.29 is 4.79 Å². The minimum absolute atomic E-state index is 0.124. The van der Waals surface area contributed by atoms with Crippen molar-refractivity contribution >= 4 is 23.4 Å². The Bertz CT molecular complexity index is 846. The van der Waals surface area contributed by atoms with Crippen molar-refractivity contribution in [1.29, 1.82) is 0 Å². The Morgan fingerprint density at radius 1 is 1.12 bits per heavy atom. The third kappa shape index (κ3) is 6.07. The van der Waals surface area contributed by atoms with E-state index in [0.29, 0.717) is 11.9 Å². The van der Waals surface area contributed by atoms with Gasteiger partial charge in [0.15, 0.2) is 0 Å². The maximum Gasteiger partial charge on any atom is 0.225 e. The van der Waals surface area contributed by atoms with Crippen molar-refractivity contribution in [1.82, 2.24) is 9.80 Å². The van der Waals surface area contributed by atoms with Gasteiger partial charge in [0.25, 0.3) is 0 Å². The first-order valence-electron chi connectivity index (χ1n) is 11.6. The zero-order valence-corrected chi connectivity index (χ0v) is 19.2. The van der Waals surface area contributed by atoms with Crippen LogP contribution in [-0.4, -0.2) is 54.5 Å². The van der Waals surface area contributed by atoms with Crippen LogP contribution in [-0.2, 0) is 4.79 Å². The van der Waals surface area contributed by atoms with Crippen LogP contribution in [0.25, 0.3) is 6.08 Å². The zero-order chi connectivity index (χ0) is 22.9. The molecule has 1 aromatic rings. The second-order valence-electron chi connectivity index (χ2n) is 8.70. The number of nitrogens with one attached hydrogen (secondary N) is 1. The maximum atomic E-state index is 13.1. The first-order valence-corrected chi connectivity index (χ1v) is 11.6. The average Bonchev–Trinajstić information content (AvgIpc) is 2.82. The number of carbonyl (C=O) groups excluding carboxylic acids is 1. The summed E-state index contributed by atoms with van der Waals surface area (Å²) in [5.74, 6) is 0.438. The number of allylic oxidation sites excluding steroid dienone is 1. The van der Waals surface area contributed by atoms with Crippen LogP contribution < -0.4 is 22.5 Å². The molecule has 0 saturated carbocycles. The number of nitrogen functional groups attached to an aromatic ring is 1. The Kier molecular flexibility index (Phi) is 8.62. The predicted octanol–water partition coefficient (Wildman–Crippen LogP) is 2.73. The van der Waals surface area contributed by atoms with Crippen LogP contribution in [0.1, 0.15) is 38.2 Å². The minimum atomic E-state index is 0.124. The molecule has 32 heavy (non-hydrogen) atoms. The van der Waals surface area contributed by atoms with Gasteiger partial charge in [0, 0.05) is 31.6 Å². The predicted molar refractivity (Wildman–Crippen MR) is 134 cm³/mol. The quantitative estimate of drug-likeness (QED) is 0.384. The first-order chi connectivity index (χ1) is 15.5. The van der Waals surface area contributed by atoms with E-state index in [1.54, 1.807) is 6.20 Å². The highest BCUT2D eigenvalue weighted by molar-refractivity contribution is 5.79. The standard InChI is InChI=1S/C25H38N6O/c1-2-4-20-5-3-6-23(24(20)28)29-22-10-15-31(16-11-22)25(32)21-8-13-30(14-9-21)18-19(17-27)7-12-26/h2-7,12,17,21-22,29H,8-11,13-16,18,26-28H2,1H3/b4-2-,12-7-,19-17+. The number of carbonyl (C=O) groups is 1. The van der Waals surface area contributed by atoms with Crippen molar-refractivity contribution in [2.75, 3.05) is 43.8 Å². The summed E-state index contributed by atoms with van der Waals surface area (Å²) in [5.41, 5.74) is 21.3. The van der Waals surface area contributed by atoms with E-state index in [0.717, 1.165) is 80.9 Å². The fraction of sp³-hybridized carbons (Fsp3) is 0.480. The molecule has 3 rings (SSSR count). The SMILES string of the molecule is C/C=C\c1cccc(NC2CCN(C(=O)C3CCN(CC(/C=C\N)=C/N)CC3)CC2)c1N. The van der Waals surface area contributed by atoms with Crippen molar-refractivity contribution in [2.45, 2.75) is 38.6 Å². The number of piperidine rings is 2. The number of hydrogen-bond donors (Lipinski definition) is 4. The van der Waals surface area contributed by atoms with Crippen molar-refractivity contribution in [3.05, 3.63) is 53.9 Å². The molecule has 7 nitrogen and oxygen atoms in total. The number of para-hydroxylation sites is 1. The number of likely N-dealkylation sites (tertiary alicyclic amines) is 2. The van der Waals surface area contributed by atoms with Crippen molar-refractivity contribution in [3.63, 3.8) is 0 Å². The van der Waals surface area contributed by atoms with Gasteiger partial charge in [-0.3, -0.25) is 9.69 Å². The number of nitrogens with zero attached hydrogens (tertiary/aromatic N) is 2. The maximum absolute atomic E-state index is 13.1. The molecule has 0 aliphatic carbocycles. The van der Waals surface area contributed by atoms with Gasteiger partial charge in [-0.1, -0.05) is 24.3 Å². The van der Waals surface area contributed by atoms with E-state index in [-0.39, 0.29) is 5.92 Å². The summed E-state index contributed by atoms with van der Waals surface area (Å²) in [6, 6.07) is 6.41. The molecule has 0 atom stereocenters. The topological polar surface area (TPSA) is 114 Å². The molecule has 0 unspecified atom stereocenters. The van der Waals surface area contributed by atoms with Crippen LogP contribution in [0.5, 0.6) is 0 Å². The molecule has 0 bridgehead atoms. The molecule has 1 aromatic carbocycles. The van der Waals surface area contributed by atoms with E-state index in [1.165, 1.54) is 6.20 Å². The number of nitrogens with two attached hydrogens (primary N) is 3. The Balaban J connectivity index is 1.46. The molecule has 2 heterocycles. The van der Waals surface area contributed by atoms with Gasteiger partial charge in [-0.2, -0.15) is 0 Å². The summed E-state index contributed by atoms with van der Waals surface area (Å²) < 4.78 is 0. The highest BCUT2D eigenvalue weighted by atomic mass is 16.2. The van der Waals surface area contributed by atoms with Gasteiger partial charge in [0.2, 0.25) is 5.91 Å². The van der Waals surface area contributed by atoms with E-state index in [4.69, 9.17) is 17.2 Å². The lowest BCUT2D eigenvalue weighted by molar-refractivity contribution is -0.138. The van der Waals surface area contributed by atoms with Gasteiger partial charge in [-0.05, 0) is 81.4 Å². The molecule has 174 valence electrons. The number of hydrogen-bond acceptors (Lipinski definition) is 6. The second-order valence-corrected chi connectivity index (χ2v) is 8.70. The van der Waals surface area contributed by atoms with Crippen molar-refractivity contribution in [2.24, 2.45) is 17.4 Å². The zero-order valence-electron chi connectivity index (χ0n) is 19.2. The van der Waals surface area contributed by atoms with Crippen LogP contribution >= 0.6 is 0 Å². The Morgan fingerprint density at radius 2 is 1.84 bits per heavy atom. The van der Waals surface area contributed by atoms with Gasteiger partial charge in [0.05, 0.1) is 11.4 Å². The summed E-state index contributed by atoms with van der Waals surface area (Å²) in [5, 5.41) is 3.59. The van der Waals surface area contributed by atoms with Crippen LogP contribution in [0.15, 0.2) is 48.3 Å². The Hall–Kier alpha value is -2.93. The highest BCUT2D eigenvalue weighted by Gasteiger charge is 2.31. The van der Waals surface area contributed by atoms with Crippen molar-refractivity contribution in [3.8, 4) is 0 Å². The van der Waals surface area contributed by atoms with Crippen LogP contribution in [0.4, 0.5) is 11.4 Å². The van der Waals surface area contributed by atoms with Gasteiger partial charge in [-0.15, -0.1) is 0 Å². The number of anilines is 2. The molecule has 7 N–H and O–H groups in total. The lowest BCUT2D eigenvalue weighted by Gasteiger charge is -2.37. The summed E-state index contributed by atoms with van der Waals surface area (Å²) in [6.07, 6.45) is 12.6. The smallest absolute Gasteiger partial charge is 0.225 e. The molecule has 0 radical (unpaired) electrons. The van der Waals surface area contributed by atoms with Crippen LogP contribution in [0.2, 0.25) is 0 Å². The Morgan fingerprint density at radius 3 is 2.47 bits per heavy atom. The molecule has 2 aliphatic heterocycles. The minimum Gasteiger partial charge on any atom is -0.405 e. The first kappa shape index (κ1) is 23.7. The second kappa shape index (κ2) is 11.6. The fourth-order valence-electron chi connectivity index (χ4n) is 4.64. The van der Waals surface area contributed by atoms with E-state index >= 15 is 0 Å². The third-order valence-corrected chi connectivity index (χ3v) is 6.52. The number of rotatable bonds is 7. The van der Waals surface area contributed by atoms with E-state index in [2.05, 4.69) is 15.1 Å². The number of benzene rings is 1. The summed E-state index contributed by atoms with van der Waals surface area (Å²) in [4.78, 5) is 17.5. The lowest BCUT2D eigenvalue weighted by atomic mass is 9.93. The molecular weight excluding hydrogens is 400 g/mol. The molecule has 0 spiro atoms. The van der Waals surface area contributed by atoms with Gasteiger partial charge < -0.3 is 27.4 Å². The fourth-order valence-corrected chi connectivity index (χ4v) is 4.64. The highest BCUT2D eigenvalue weighted by Crippen LogP contribution is 2.27. The monoisotopic (exact) mass is 438 g/mol. The molecule has 7 heteroatoms. The van der Waals surface area contributed by atoms with Gasteiger partial charge >= 0.3 is 0 Å². The lowest BCUT2D eigenvalue weighted by Crippen LogP contribution is -2.47. The summed E-state index contributed by atoms with van der Waals surface area (Å²) >= 11 is 0. The molecular formula is C25H38N6O. The third-order valence-electron chi connectivity index (χ3n) is 6.52. The molecule has 0 aromatic heterocycles. The van der Waals surface area contributed by atoms with Gasteiger partial charge in [-0.25, -0.2) is 0 Å². The normalized spacial score (nSPS) is 19.8. The average molecular weight is 439 g/mol. The van der Waals surface area contributed by atoms with Gasteiger partial charge in [0.1, 0.15) is 0 Å². The molecule has 1 amide bonds. The molecule has 2 fully saturated rings.